The Balaban J connectivity index is 0.00000120. The second-order valence-corrected chi connectivity index (χ2v) is 3.76. The Morgan fingerprint density at radius 1 is 0.722 bits per heavy atom. The zero-order valence-corrected chi connectivity index (χ0v) is 15.4. The topological polar surface area (TPSA) is 22.1 Å². The molecule has 0 bridgehead atoms. The molecular weight excluding hydrogens is 411 g/mol. The van der Waals surface area contributed by atoms with Crippen molar-refractivity contribution in [2.75, 3.05) is 0 Å². The molecule has 0 spiro atoms. The van der Waals surface area contributed by atoms with Gasteiger partial charge in [-0.3, -0.25) is 0 Å². The summed E-state index contributed by atoms with van der Waals surface area (Å²) in [6.07, 6.45) is 0. The van der Waals surface area contributed by atoms with Crippen molar-refractivity contribution in [1.29, 1.82) is 0 Å². The van der Waals surface area contributed by atoms with Gasteiger partial charge >= 0.3 is 0 Å². The smallest absolute Gasteiger partial charge is 0.219 e. The van der Waals surface area contributed by atoms with Crippen molar-refractivity contribution in [3.8, 4) is 11.6 Å². The summed E-state index contributed by atoms with van der Waals surface area (Å²) in [5, 5.41) is 1.12. The molecule has 3 heteroatoms. The van der Waals surface area contributed by atoms with Crippen molar-refractivity contribution in [1.82, 2.24) is 4.98 Å². The van der Waals surface area contributed by atoms with E-state index < -0.39 is 0 Å². The third-order valence-corrected chi connectivity index (χ3v) is 2.54. The van der Waals surface area contributed by atoms with E-state index in [1.165, 1.54) is 0 Å². The molecule has 0 atom stereocenters. The number of hydrogen-bond acceptors (Lipinski definition) is 2. The number of nitrogens with zero attached hydrogens (tertiary/aromatic N) is 1. The average molecular weight is 422 g/mol. The molecule has 0 unspecified atom stereocenters. The summed E-state index contributed by atoms with van der Waals surface area (Å²) in [5.41, 5.74) is 0.945. The molecule has 0 saturated heterocycles. The van der Waals surface area contributed by atoms with Gasteiger partial charge in [-0.15, -0.1) is 0 Å². The first-order valence-electron chi connectivity index (χ1n) is 5.50. The van der Waals surface area contributed by atoms with E-state index in [1.54, 1.807) is 0 Å². The number of benzene rings is 2. The van der Waals surface area contributed by atoms with Crippen molar-refractivity contribution < 1.29 is 32.4 Å². The van der Waals surface area contributed by atoms with Crippen molar-refractivity contribution >= 4 is 10.9 Å². The van der Waals surface area contributed by atoms with Gasteiger partial charge in [-0.25, -0.2) is 4.98 Å². The molecule has 2 aromatic carbocycles. The summed E-state index contributed by atoms with van der Waals surface area (Å²) in [6.45, 7) is 0. The number of fused-ring (bicyclic) bond motifs is 1. The van der Waals surface area contributed by atoms with E-state index in [1.807, 2.05) is 66.7 Å². The Kier molecular flexibility index (Phi) is 4.31. The average Bonchev–Trinajstić information content (AvgIpc) is 2.40. The Morgan fingerprint density at radius 3 is 2.28 bits per heavy atom. The molecule has 0 fully saturated rings. The van der Waals surface area contributed by atoms with E-state index in [4.69, 9.17) is 4.74 Å². The first-order chi connectivity index (χ1) is 8.42. The predicted molar refractivity (Wildman–Crippen MR) is 68.3 cm³/mol. The van der Waals surface area contributed by atoms with Crippen LogP contribution >= 0.6 is 0 Å². The van der Waals surface area contributed by atoms with Gasteiger partial charge in [0, 0.05) is 39.1 Å². The van der Waals surface area contributed by atoms with Crippen molar-refractivity contribution in [2.45, 2.75) is 0 Å². The zero-order valence-electron chi connectivity index (χ0n) is 9.91. The molecular formula is C15H11HgNO. The molecule has 0 saturated carbocycles. The van der Waals surface area contributed by atoms with Crippen LogP contribution in [0.25, 0.3) is 10.9 Å². The van der Waals surface area contributed by atoms with Gasteiger partial charge in [0.25, 0.3) is 0 Å². The predicted octanol–water partition coefficient (Wildman–Crippen LogP) is 4.02. The van der Waals surface area contributed by atoms with E-state index in [-0.39, 0.29) is 27.7 Å². The molecule has 0 aliphatic carbocycles. The summed E-state index contributed by atoms with van der Waals surface area (Å²) >= 11 is 0. The molecule has 0 N–H and O–H groups in total. The van der Waals surface area contributed by atoms with Gasteiger partial charge in [0.15, 0.2) is 0 Å². The molecule has 0 aliphatic rings. The molecule has 18 heavy (non-hydrogen) atoms. The number of pyridine rings is 1. The standard InChI is InChI=1S/C15H11NO.Hg/c1-2-7-13(8-3-1)17-15-11-10-12-6-4-5-9-14(12)16-15;/h1-11H;. The second-order valence-electron chi connectivity index (χ2n) is 3.76. The molecule has 0 aliphatic heterocycles. The second kappa shape index (κ2) is 5.96. The fourth-order valence-electron chi connectivity index (χ4n) is 1.71. The van der Waals surface area contributed by atoms with Gasteiger partial charge in [0.05, 0.1) is 5.52 Å². The summed E-state index contributed by atoms with van der Waals surface area (Å²) in [7, 11) is 0. The zero-order chi connectivity index (χ0) is 11.5. The minimum absolute atomic E-state index is 0. The van der Waals surface area contributed by atoms with Crippen molar-refractivity contribution in [3.05, 3.63) is 66.7 Å². The fraction of sp³-hybridized carbons (Fsp3) is 0. The van der Waals surface area contributed by atoms with E-state index in [0.29, 0.717) is 5.88 Å². The minimum Gasteiger partial charge on any atom is -0.439 e. The number of aromatic nitrogens is 1. The van der Waals surface area contributed by atoms with Crippen LogP contribution in [0.15, 0.2) is 66.7 Å². The van der Waals surface area contributed by atoms with Crippen LogP contribution in [0.2, 0.25) is 0 Å². The Hall–Kier alpha value is -1.41. The van der Waals surface area contributed by atoms with Gasteiger partial charge in [-0.1, -0.05) is 36.4 Å². The van der Waals surface area contributed by atoms with Gasteiger partial charge in [0.2, 0.25) is 5.88 Å². The largest absolute Gasteiger partial charge is 0.439 e. The summed E-state index contributed by atoms with van der Waals surface area (Å²) < 4.78 is 5.68. The number of hydrogen-bond donors (Lipinski definition) is 0. The van der Waals surface area contributed by atoms with E-state index in [0.717, 1.165) is 16.7 Å². The van der Waals surface area contributed by atoms with E-state index >= 15 is 0 Å². The fourth-order valence-corrected chi connectivity index (χ4v) is 1.71. The summed E-state index contributed by atoms with van der Waals surface area (Å²) in [6, 6.07) is 21.6. The molecule has 3 rings (SSSR count). The maximum atomic E-state index is 5.68. The molecule has 84 valence electrons. The van der Waals surface area contributed by atoms with Crippen LogP contribution < -0.4 is 4.74 Å². The van der Waals surface area contributed by atoms with Gasteiger partial charge in [-0.05, 0) is 24.3 Å². The van der Waals surface area contributed by atoms with Crippen LogP contribution in [0.1, 0.15) is 0 Å². The van der Waals surface area contributed by atoms with Gasteiger partial charge in [-0.2, -0.15) is 0 Å². The molecule has 3 aromatic rings. The Bertz CT molecular complexity index is 640. The third kappa shape index (κ3) is 2.88. The monoisotopic (exact) mass is 423 g/mol. The van der Waals surface area contributed by atoms with Crippen LogP contribution in [0.3, 0.4) is 0 Å². The quantitative estimate of drug-likeness (QED) is 0.583. The molecule has 1 heterocycles. The number of ether oxygens (including phenoxy) is 1. The summed E-state index contributed by atoms with van der Waals surface area (Å²) in [4.78, 5) is 4.45. The van der Waals surface area contributed by atoms with Gasteiger partial charge in [0.1, 0.15) is 5.75 Å². The van der Waals surface area contributed by atoms with Crippen molar-refractivity contribution in [3.63, 3.8) is 0 Å². The maximum absolute atomic E-state index is 5.68. The Morgan fingerprint density at radius 2 is 1.44 bits per heavy atom. The van der Waals surface area contributed by atoms with Crippen LogP contribution in [-0.2, 0) is 27.7 Å². The summed E-state index contributed by atoms with van der Waals surface area (Å²) in [5.74, 6) is 1.42. The molecule has 0 radical (unpaired) electrons. The number of para-hydroxylation sites is 2. The first-order valence-corrected chi connectivity index (χ1v) is 5.50. The van der Waals surface area contributed by atoms with Crippen molar-refractivity contribution in [2.24, 2.45) is 0 Å². The minimum atomic E-state index is 0. The van der Waals surface area contributed by atoms with Gasteiger partial charge < -0.3 is 4.74 Å². The van der Waals surface area contributed by atoms with Crippen LogP contribution in [0.4, 0.5) is 0 Å². The van der Waals surface area contributed by atoms with E-state index in [9.17, 15) is 0 Å². The molecule has 2 nitrogen and oxygen atoms in total. The SMILES string of the molecule is [Hg].c1ccc(Oc2ccc3ccccc3n2)cc1. The molecule has 0 amide bonds. The number of rotatable bonds is 2. The third-order valence-electron chi connectivity index (χ3n) is 2.54. The normalized spacial score (nSPS) is 9.78. The first kappa shape index (κ1) is 13.0. The van der Waals surface area contributed by atoms with E-state index in [2.05, 4.69) is 4.98 Å². The maximum Gasteiger partial charge on any atom is 0.219 e. The van der Waals surface area contributed by atoms with Crippen LogP contribution in [-0.4, -0.2) is 4.98 Å². The molecule has 1 aromatic heterocycles. The Labute approximate surface area is 126 Å². The van der Waals surface area contributed by atoms with Crippen LogP contribution in [0.5, 0.6) is 11.6 Å². The van der Waals surface area contributed by atoms with Crippen LogP contribution in [0, 0.1) is 0 Å².